The van der Waals surface area contributed by atoms with Crippen LogP contribution in [0.1, 0.15) is 80.7 Å². The largest absolute Gasteiger partial charge is 0.488 e. The zero-order valence-electron chi connectivity index (χ0n) is 27.8. The summed E-state index contributed by atoms with van der Waals surface area (Å²) >= 11 is 3.41. The molecular formula is C34H48BrN3O7. The third-order valence-corrected chi connectivity index (χ3v) is 7.42. The Balaban J connectivity index is 2.46. The zero-order chi connectivity index (χ0) is 34.1. The van der Waals surface area contributed by atoms with Crippen LogP contribution in [0.4, 0.5) is 10.5 Å². The summed E-state index contributed by atoms with van der Waals surface area (Å²) in [7, 11) is 0. The Morgan fingerprint density at radius 3 is 1.89 bits per heavy atom. The van der Waals surface area contributed by atoms with Crippen LogP contribution < -0.4 is 20.3 Å². The van der Waals surface area contributed by atoms with E-state index >= 15 is 0 Å². The smallest absolute Gasteiger partial charge is 0.408 e. The quantitative estimate of drug-likeness (QED) is 0.219. The van der Waals surface area contributed by atoms with E-state index in [0.29, 0.717) is 29.8 Å². The lowest BCUT2D eigenvalue weighted by atomic mass is 9.90. The molecule has 0 aliphatic heterocycles. The summed E-state index contributed by atoms with van der Waals surface area (Å²) in [4.78, 5) is 54.5. The molecule has 3 amide bonds. The molecule has 0 saturated heterocycles. The topological polar surface area (TPSA) is 134 Å². The Labute approximate surface area is 275 Å². The third kappa shape index (κ3) is 12.0. The molecule has 0 heterocycles. The van der Waals surface area contributed by atoms with Gasteiger partial charge in [-0.2, -0.15) is 0 Å². The highest BCUT2D eigenvalue weighted by molar-refractivity contribution is 9.10. The number of carbonyl (C=O) groups excluding carboxylic acids is 3. The molecule has 0 aliphatic carbocycles. The lowest BCUT2D eigenvalue weighted by Crippen LogP contribution is -2.60. The van der Waals surface area contributed by atoms with Crippen molar-refractivity contribution in [2.24, 2.45) is 5.92 Å². The molecule has 0 aliphatic rings. The van der Waals surface area contributed by atoms with Crippen LogP contribution in [-0.2, 0) is 25.5 Å². The van der Waals surface area contributed by atoms with Crippen LogP contribution in [0, 0.1) is 5.92 Å². The number of anilines is 1. The molecule has 2 aromatic rings. The number of aliphatic carboxylic acids is 1. The van der Waals surface area contributed by atoms with Crippen molar-refractivity contribution in [3.63, 3.8) is 0 Å². The predicted octanol–water partition coefficient (Wildman–Crippen LogP) is 6.49. The first-order valence-corrected chi connectivity index (χ1v) is 16.0. The predicted molar refractivity (Wildman–Crippen MR) is 178 cm³/mol. The Kier molecular flexibility index (Phi) is 13.5. The van der Waals surface area contributed by atoms with Crippen LogP contribution in [0.2, 0.25) is 0 Å². The third-order valence-electron chi connectivity index (χ3n) is 6.89. The molecule has 3 N–H and O–H groups in total. The summed E-state index contributed by atoms with van der Waals surface area (Å²) in [6.07, 6.45) is 0.327. The summed E-state index contributed by atoms with van der Waals surface area (Å²) in [5.74, 6) is -2.03. The van der Waals surface area contributed by atoms with Gasteiger partial charge in [0.05, 0.1) is 0 Å². The summed E-state index contributed by atoms with van der Waals surface area (Å²) in [5.41, 5.74) is -0.0445. The summed E-state index contributed by atoms with van der Waals surface area (Å²) in [5, 5.41) is 15.4. The van der Waals surface area contributed by atoms with Crippen LogP contribution >= 0.6 is 15.9 Å². The molecule has 0 fully saturated rings. The monoisotopic (exact) mass is 689 g/mol. The molecule has 0 radical (unpaired) electrons. The average Bonchev–Trinajstić information content (AvgIpc) is 2.92. The number of alkyl carbamates (subject to hydrolysis) is 1. The van der Waals surface area contributed by atoms with Gasteiger partial charge in [0.15, 0.2) is 0 Å². The van der Waals surface area contributed by atoms with Gasteiger partial charge in [-0.25, -0.2) is 9.59 Å². The number of benzene rings is 2. The fourth-order valence-electron chi connectivity index (χ4n) is 4.80. The molecule has 11 heteroatoms. The van der Waals surface area contributed by atoms with E-state index in [0.717, 1.165) is 4.47 Å². The molecule has 45 heavy (non-hydrogen) atoms. The average molecular weight is 691 g/mol. The van der Waals surface area contributed by atoms with Crippen LogP contribution in [0.25, 0.3) is 0 Å². The second kappa shape index (κ2) is 16.1. The number of halogens is 1. The van der Waals surface area contributed by atoms with Gasteiger partial charge in [-0.1, -0.05) is 54.8 Å². The maximum atomic E-state index is 14.1. The normalized spacial score (nSPS) is 13.8. The summed E-state index contributed by atoms with van der Waals surface area (Å²) in [6.45, 7) is 16.3. The molecule has 2 unspecified atom stereocenters. The minimum Gasteiger partial charge on any atom is -0.488 e. The van der Waals surface area contributed by atoms with Gasteiger partial charge >= 0.3 is 12.1 Å². The van der Waals surface area contributed by atoms with Crippen LogP contribution in [0.3, 0.4) is 0 Å². The van der Waals surface area contributed by atoms with Gasteiger partial charge in [-0.15, -0.1) is 0 Å². The van der Waals surface area contributed by atoms with E-state index < -0.39 is 47.6 Å². The number of carbonyl (C=O) groups is 4. The number of nitrogens with one attached hydrogen (secondary N) is 2. The van der Waals surface area contributed by atoms with Gasteiger partial charge in [0.25, 0.3) is 0 Å². The van der Waals surface area contributed by atoms with E-state index in [4.69, 9.17) is 9.47 Å². The molecule has 0 spiro atoms. The van der Waals surface area contributed by atoms with Crippen molar-refractivity contribution in [1.29, 1.82) is 0 Å². The van der Waals surface area contributed by atoms with Crippen molar-refractivity contribution >= 4 is 45.5 Å². The summed E-state index contributed by atoms with van der Waals surface area (Å²) in [6, 6.07) is 10.6. The maximum absolute atomic E-state index is 14.1. The van der Waals surface area contributed by atoms with Crippen LogP contribution in [0.5, 0.6) is 5.75 Å². The van der Waals surface area contributed by atoms with Gasteiger partial charge in [0, 0.05) is 16.6 Å². The fourth-order valence-corrected chi connectivity index (χ4v) is 5.06. The van der Waals surface area contributed by atoms with Crippen molar-refractivity contribution in [3.8, 4) is 5.75 Å². The SMILES string of the molecule is CCC(CC)C(C(=O)NC(Cc1ccc(OC(C)(C)C)cc1)C(=O)O)N(C(=O)[C@H](C)NC(=O)OC(C)(C)C)c1ccc(Br)cc1. The van der Waals surface area contributed by atoms with Gasteiger partial charge < -0.3 is 25.2 Å². The number of rotatable bonds is 13. The number of hydrogen-bond acceptors (Lipinski definition) is 6. The second-order valence-electron chi connectivity index (χ2n) is 13.0. The van der Waals surface area contributed by atoms with Crippen molar-refractivity contribution < 1.29 is 33.8 Å². The highest BCUT2D eigenvalue weighted by Crippen LogP contribution is 2.28. The van der Waals surface area contributed by atoms with Crippen molar-refractivity contribution in [2.75, 3.05) is 4.90 Å². The Morgan fingerprint density at radius 1 is 0.867 bits per heavy atom. The van der Waals surface area contributed by atoms with E-state index in [1.54, 1.807) is 69.3 Å². The molecule has 0 saturated carbocycles. The van der Waals surface area contributed by atoms with Gasteiger partial charge in [-0.05, 0) is 96.3 Å². The lowest BCUT2D eigenvalue weighted by Gasteiger charge is -2.37. The fraction of sp³-hybridized carbons (Fsp3) is 0.529. The van der Waals surface area contributed by atoms with Crippen LogP contribution in [-0.4, -0.2) is 58.3 Å². The highest BCUT2D eigenvalue weighted by Gasteiger charge is 2.39. The van der Waals surface area contributed by atoms with Crippen LogP contribution in [0.15, 0.2) is 53.0 Å². The van der Waals surface area contributed by atoms with Crippen molar-refractivity contribution in [2.45, 2.75) is 111 Å². The number of ether oxygens (including phenoxy) is 2. The van der Waals surface area contributed by atoms with Gasteiger partial charge in [0.1, 0.15) is 35.1 Å². The van der Waals surface area contributed by atoms with Gasteiger partial charge in [0.2, 0.25) is 11.8 Å². The molecule has 2 aromatic carbocycles. The maximum Gasteiger partial charge on any atom is 0.408 e. The second-order valence-corrected chi connectivity index (χ2v) is 14.0. The first-order valence-electron chi connectivity index (χ1n) is 15.2. The first-order chi connectivity index (χ1) is 20.8. The summed E-state index contributed by atoms with van der Waals surface area (Å²) < 4.78 is 12.0. The van der Waals surface area contributed by atoms with E-state index in [1.165, 1.54) is 11.8 Å². The van der Waals surface area contributed by atoms with Gasteiger partial charge in [-0.3, -0.25) is 14.5 Å². The Morgan fingerprint density at radius 2 is 1.42 bits per heavy atom. The molecule has 248 valence electrons. The number of carboxylic acid groups (broad SMARTS) is 1. The Bertz CT molecular complexity index is 1300. The van der Waals surface area contributed by atoms with Crippen molar-refractivity contribution in [3.05, 3.63) is 58.6 Å². The number of nitrogens with zero attached hydrogens (tertiary/aromatic N) is 1. The zero-order valence-corrected chi connectivity index (χ0v) is 29.4. The van der Waals surface area contributed by atoms with E-state index in [-0.39, 0.29) is 17.9 Å². The molecule has 0 bridgehead atoms. The first kappa shape index (κ1) is 37.6. The molecule has 0 aromatic heterocycles. The number of carboxylic acids is 1. The molecule has 3 atom stereocenters. The standard InChI is InChI=1S/C34H48BrN3O7/c1-10-23(11-2)28(29(39)37-27(31(41)42)20-22-12-18-26(19-13-22)44-33(4,5)6)38(25-16-14-24(35)15-17-25)30(40)21(3)36-32(43)45-34(7,8)9/h12-19,21,23,27-28H,10-11,20H2,1-9H3,(H,36,43)(H,37,39)(H,41,42)/t21-,27?,28?/m0/s1. The Hall–Kier alpha value is -3.60. The number of hydrogen-bond donors (Lipinski definition) is 3. The van der Waals surface area contributed by atoms with E-state index in [9.17, 15) is 24.3 Å². The minimum absolute atomic E-state index is 0.0232. The van der Waals surface area contributed by atoms with E-state index in [1.807, 2.05) is 34.6 Å². The number of amides is 3. The lowest BCUT2D eigenvalue weighted by molar-refractivity contribution is -0.142. The highest BCUT2D eigenvalue weighted by atomic mass is 79.9. The van der Waals surface area contributed by atoms with Crippen molar-refractivity contribution in [1.82, 2.24) is 10.6 Å². The molecule has 10 nitrogen and oxygen atoms in total. The molecule has 2 rings (SSSR count). The van der Waals surface area contributed by atoms with E-state index in [2.05, 4.69) is 26.6 Å². The molecular weight excluding hydrogens is 642 g/mol. The minimum atomic E-state index is -1.26.